The second-order valence-corrected chi connectivity index (χ2v) is 4.54. The van der Waals surface area contributed by atoms with Crippen molar-refractivity contribution in [1.29, 1.82) is 0 Å². The Labute approximate surface area is 118 Å². The van der Waals surface area contributed by atoms with Crippen LogP contribution < -0.4 is 15.2 Å². The molecule has 0 bridgehead atoms. The molecule has 0 aliphatic carbocycles. The third-order valence-electron chi connectivity index (χ3n) is 3.18. The van der Waals surface area contributed by atoms with Gasteiger partial charge in [-0.15, -0.1) is 0 Å². The number of benzene rings is 2. The van der Waals surface area contributed by atoms with E-state index in [1.54, 1.807) is 19.2 Å². The smallest absolute Gasteiger partial charge is 0.161 e. The van der Waals surface area contributed by atoms with E-state index in [1.165, 1.54) is 0 Å². The molecule has 1 atom stereocenters. The van der Waals surface area contributed by atoms with E-state index in [1.807, 2.05) is 42.5 Å². The monoisotopic (exact) mass is 273 g/mol. The van der Waals surface area contributed by atoms with Crippen LogP contribution in [0.15, 0.2) is 54.6 Å². The average molecular weight is 273 g/mol. The van der Waals surface area contributed by atoms with Crippen molar-refractivity contribution in [3.63, 3.8) is 0 Å². The van der Waals surface area contributed by atoms with E-state index in [9.17, 15) is 5.11 Å². The summed E-state index contributed by atoms with van der Waals surface area (Å²) in [6.07, 6.45) is 0. The fourth-order valence-electron chi connectivity index (χ4n) is 1.94. The number of nitrogens with two attached hydrogens (primary N) is 1. The van der Waals surface area contributed by atoms with Gasteiger partial charge in [0, 0.05) is 6.54 Å². The van der Waals surface area contributed by atoms with Crippen LogP contribution in [0.25, 0.3) is 0 Å². The topological polar surface area (TPSA) is 64.7 Å². The van der Waals surface area contributed by atoms with Crippen molar-refractivity contribution >= 4 is 0 Å². The van der Waals surface area contributed by atoms with Crippen LogP contribution in [-0.2, 0) is 5.60 Å². The molecule has 2 rings (SSSR count). The van der Waals surface area contributed by atoms with Crippen molar-refractivity contribution in [2.75, 3.05) is 20.3 Å². The van der Waals surface area contributed by atoms with E-state index < -0.39 is 5.60 Å². The van der Waals surface area contributed by atoms with E-state index in [2.05, 4.69) is 0 Å². The van der Waals surface area contributed by atoms with Crippen molar-refractivity contribution in [1.82, 2.24) is 0 Å². The molecule has 0 aromatic heterocycles. The van der Waals surface area contributed by atoms with Crippen molar-refractivity contribution < 1.29 is 14.6 Å². The number of aliphatic hydroxyl groups is 1. The van der Waals surface area contributed by atoms with Gasteiger partial charge in [0.25, 0.3) is 0 Å². The molecule has 2 aromatic rings. The van der Waals surface area contributed by atoms with Crippen LogP contribution in [0.5, 0.6) is 11.5 Å². The molecule has 0 fully saturated rings. The Morgan fingerprint density at radius 1 is 1.00 bits per heavy atom. The van der Waals surface area contributed by atoms with Crippen LogP contribution in [0.4, 0.5) is 0 Å². The Bertz CT molecular complexity index is 544. The predicted molar refractivity (Wildman–Crippen MR) is 77.9 cm³/mol. The summed E-state index contributed by atoms with van der Waals surface area (Å²) < 4.78 is 10.9. The first-order valence-electron chi connectivity index (χ1n) is 6.43. The zero-order valence-corrected chi connectivity index (χ0v) is 11.5. The molecule has 0 radical (unpaired) electrons. The van der Waals surface area contributed by atoms with Crippen molar-refractivity contribution in [2.45, 2.75) is 5.60 Å². The Balaban J connectivity index is 2.15. The maximum absolute atomic E-state index is 10.6. The maximum Gasteiger partial charge on any atom is 0.161 e. The van der Waals surface area contributed by atoms with Crippen LogP contribution in [-0.4, -0.2) is 25.4 Å². The number of rotatable bonds is 6. The number of hydrogen-bond donors (Lipinski definition) is 2. The lowest BCUT2D eigenvalue weighted by Gasteiger charge is -2.27. The number of ether oxygens (including phenoxy) is 2. The standard InChI is InChI=1S/C16H19NO3/c1-19-14-9-5-6-10-15(14)20-12-16(18,11-17)13-7-3-2-4-8-13/h2-10,18H,11-12,17H2,1H3. The SMILES string of the molecule is COc1ccccc1OCC(O)(CN)c1ccccc1. The van der Waals surface area contributed by atoms with Gasteiger partial charge < -0.3 is 20.3 Å². The zero-order valence-electron chi connectivity index (χ0n) is 11.5. The Hall–Kier alpha value is -2.04. The van der Waals surface area contributed by atoms with Gasteiger partial charge in [0.2, 0.25) is 0 Å². The van der Waals surface area contributed by atoms with Crippen LogP contribution in [0.2, 0.25) is 0 Å². The molecule has 0 amide bonds. The van der Waals surface area contributed by atoms with Gasteiger partial charge in [-0.25, -0.2) is 0 Å². The Morgan fingerprint density at radius 2 is 1.60 bits per heavy atom. The summed E-state index contributed by atoms with van der Waals surface area (Å²) in [6, 6.07) is 16.6. The molecule has 1 unspecified atom stereocenters. The molecule has 0 spiro atoms. The minimum atomic E-state index is -1.22. The van der Waals surface area contributed by atoms with Gasteiger partial charge in [0.05, 0.1) is 7.11 Å². The van der Waals surface area contributed by atoms with Crippen LogP contribution in [0.1, 0.15) is 5.56 Å². The number of methoxy groups -OCH3 is 1. The van der Waals surface area contributed by atoms with E-state index in [0.717, 1.165) is 5.56 Å². The highest BCUT2D eigenvalue weighted by Gasteiger charge is 2.28. The highest BCUT2D eigenvalue weighted by atomic mass is 16.5. The molecule has 0 saturated carbocycles. The van der Waals surface area contributed by atoms with Gasteiger partial charge in [-0.3, -0.25) is 0 Å². The molecule has 106 valence electrons. The third kappa shape index (κ3) is 3.10. The minimum Gasteiger partial charge on any atom is -0.493 e. The van der Waals surface area contributed by atoms with E-state index >= 15 is 0 Å². The molecule has 0 aliphatic rings. The fourth-order valence-corrected chi connectivity index (χ4v) is 1.94. The largest absolute Gasteiger partial charge is 0.493 e. The normalized spacial score (nSPS) is 13.6. The van der Waals surface area contributed by atoms with Gasteiger partial charge in [-0.05, 0) is 17.7 Å². The van der Waals surface area contributed by atoms with Gasteiger partial charge in [-0.1, -0.05) is 42.5 Å². The molecule has 0 aliphatic heterocycles. The lowest BCUT2D eigenvalue weighted by Crippen LogP contribution is -2.40. The fraction of sp³-hybridized carbons (Fsp3) is 0.250. The maximum atomic E-state index is 10.6. The lowest BCUT2D eigenvalue weighted by atomic mass is 9.95. The molecule has 4 heteroatoms. The molecular formula is C16H19NO3. The predicted octanol–water partition coefficient (Wildman–Crippen LogP) is 1.92. The Morgan fingerprint density at radius 3 is 2.20 bits per heavy atom. The quantitative estimate of drug-likeness (QED) is 0.844. The minimum absolute atomic E-state index is 0.0634. The highest BCUT2D eigenvalue weighted by molar-refractivity contribution is 5.39. The zero-order chi connectivity index (χ0) is 14.4. The van der Waals surface area contributed by atoms with Crippen LogP contribution in [0, 0.1) is 0 Å². The molecule has 2 aromatic carbocycles. The summed E-state index contributed by atoms with van der Waals surface area (Å²) in [7, 11) is 1.58. The second-order valence-electron chi connectivity index (χ2n) is 4.54. The Kier molecular flexibility index (Phi) is 4.61. The van der Waals surface area contributed by atoms with Crippen LogP contribution >= 0.6 is 0 Å². The van der Waals surface area contributed by atoms with Gasteiger partial charge >= 0.3 is 0 Å². The van der Waals surface area contributed by atoms with Gasteiger partial charge in [0.1, 0.15) is 12.2 Å². The first-order chi connectivity index (χ1) is 9.69. The number of hydrogen-bond acceptors (Lipinski definition) is 4. The van der Waals surface area contributed by atoms with Crippen molar-refractivity contribution in [3.05, 3.63) is 60.2 Å². The van der Waals surface area contributed by atoms with Gasteiger partial charge in [-0.2, -0.15) is 0 Å². The highest BCUT2D eigenvalue weighted by Crippen LogP contribution is 2.28. The van der Waals surface area contributed by atoms with Crippen LogP contribution in [0.3, 0.4) is 0 Å². The third-order valence-corrected chi connectivity index (χ3v) is 3.18. The molecule has 3 N–H and O–H groups in total. The average Bonchev–Trinajstić information content (AvgIpc) is 2.53. The molecule has 4 nitrogen and oxygen atoms in total. The summed E-state index contributed by atoms with van der Waals surface area (Å²) in [5.41, 5.74) is 5.23. The van der Waals surface area contributed by atoms with Gasteiger partial charge in [0.15, 0.2) is 11.5 Å². The summed E-state index contributed by atoms with van der Waals surface area (Å²) in [4.78, 5) is 0. The van der Waals surface area contributed by atoms with Crippen molar-refractivity contribution in [2.24, 2.45) is 5.73 Å². The molecule has 0 saturated heterocycles. The summed E-state index contributed by atoms with van der Waals surface area (Å²) in [5.74, 6) is 1.21. The molecule has 0 heterocycles. The molecule has 20 heavy (non-hydrogen) atoms. The first-order valence-corrected chi connectivity index (χ1v) is 6.43. The summed E-state index contributed by atoms with van der Waals surface area (Å²) >= 11 is 0. The lowest BCUT2D eigenvalue weighted by molar-refractivity contribution is -0.00212. The second kappa shape index (κ2) is 6.41. The van der Waals surface area contributed by atoms with E-state index in [4.69, 9.17) is 15.2 Å². The summed E-state index contributed by atoms with van der Waals surface area (Å²) in [6.45, 7) is 0.139. The molecular weight excluding hydrogens is 254 g/mol. The van der Waals surface area contributed by atoms with Crippen molar-refractivity contribution in [3.8, 4) is 11.5 Å². The van der Waals surface area contributed by atoms with E-state index in [-0.39, 0.29) is 13.2 Å². The summed E-state index contributed by atoms with van der Waals surface area (Å²) in [5, 5.41) is 10.6. The number of para-hydroxylation sites is 2. The van der Waals surface area contributed by atoms with E-state index in [0.29, 0.717) is 11.5 Å². The first kappa shape index (κ1) is 14.4.